The number of nitrogens with one attached hydrogen (secondary N) is 1. The molecule has 1 atom stereocenters. The molecule has 0 unspecified atom stereocenters. The Labute approximate surface area is 124 Å². The Morgan fingerprint density at radius 3 is 2.55 bits per heavy atom. The van der Waals surface area contributed by atoms with Gasteiger partial charge >= 0.3 is 5.97 Å². The highest BCUT2D eigenvalue weighted by Crippen LogP contribution is 2.11. The Morgan fingerprint density at radius 1 is 1.35 bits per heavy atom. The molecule has 1 N–H and O–H groups in total. The van der Waals surface area contributed by atoms with Crippen LogP contribution in [0.2, 0.25) is 5.02 Å². The van der Waals surface area contributed by atoms with E-state index in [9.17, 15) is 9.59 Å². The molecule has 1 aromatic carbocycles. The summed E-state index contributed by atoms with van der Waals surface area (Å²) in [5, 5.41) is 3.19. The van der Waals surface area contributed by atoms with E-state index in [0.717, 1.165) is 5.56 Å². The molecular weight excluding hydrogens is 278 g/mol. The molecule has 5 heteroatoms. The topological polar surface area (TPSA) is 55.4 Å². The number of amides is 1. The number of halogens is 1. The van der Waals surface area contributed by atoms with Crippen molar-refractivity contribution in [3.8, 4) is 0 Å². The molecular formula is C15H20ClNO3. The zero-order chi connectivity index (χ0) is 15.3. The van der Waals surface area contributed by atoms with Crippen LogP contribution in [0.1, 0.15) is 33.3 Å². The van der Waals surface area contributed by atoms with Crippen LogP contribution >= 0.6 is 11.6 Å². The van der Waals surface area contributed by atoms with Gasteiger partial charge in [-0.2, -0.15) is 0 Å². The van der Waals surface area contributed by atoms with Crippen LogP contribution < -0.4 is 5.32 Å². The highest BCUT2D eigenvalue weighted by atomic mass is 35.5. The normalized spacial score (nSPS) is 12.7. The van der Waals surface area contributed by atoms with Crippen molar-refractivity contribution in [1.29, 1.82) is 0 Å². The van der Waals surface area contributed by atoms with Crippen LogP contribution in [0.4, 0.5) is 0 Å². The number of esters is 1. The molecule has 1 rings (SSSR count). The van der Waals surface area contributed by atoms with Gasteiger partial charge in [-0.1, -0.05) is 23.7 Å². The maximum atomic E-state index is 11.8. The van der Waals surface area contributed by atoms with Crippen molar-refractivity contribution in [1.82, 2.24) is 5.32 Å². The Bertz CT molecular complexity index is 494. The molecule has 1 aromatic rings. The van der Waals surface area contributed by atoms with Crippen LogP contribution in [0.15, 0.2) is 24.3 Å². The van der Waals surface area contributed by atoms with E-state index >= 15 is 0 Å². The van der Waals surface area contributed by atoms with Gasteiger partial charge in [0, 0.05) is 5.02 Å². The van der Waals surface area contributed by atoms with Crippen molar-refractivity contribution in [2.24, 2.45) is 0 Å². The summed E-state index contributed by atoms with van der Waals surface area (Å²) in [4.78, 5) is 23.6. The fourth-order valence-corrected chi connectivity index (χ4v) is 1.79. The third-order valence-electron chi connectivity index (χ3n) is 2.39. The third-order valence-corrected chi connectivity index (χ3v) is 2.63. The Balaban J connectivity index is 2.52. The Morgan fingerprint density at radius 2 is 2.00 bits per heavy atom. The van der Waals surface area contributed by atoms with Gasteiger partial charge in [0.1, 0.15) is 11.6 Å². The number of carbonyl (C=O) groups is 2. The number of benzene rings is 1. The third kappa shape index (κ3) is 6.06. The first-order valence-electron chi connectivity index (χ1n) is 6.44. The maximum Gasteiger partial charge on any atom is 0.328 e. The second-order valence-corrected chi connectivity index (χ2v) is 6.07. The average Bonchev–Trinajstić information content (AvgIpc) is 2.26. The van der Waals surface area contributed by atoms with Gasteiger partial charge in [0.25, 0.3) is 0 Å². The van der Waals surface area contributed by atoms with Gasteiger partial charge in [0.05, 0.1) is 6.42 Å². The predicted octanol–water partition coefficient (Wildman–Crippen LogP) is 2.73. The fraction of sp³-hybridized carbons (Fsp3) is 0.467. The van der Waals surface area contributed by atoms with E-state index in [1.807, 2.05) is 6.07 Å². The number of rotatable bonds is 4. The lowest BCUT2D eigenvalue weighted by Crippen LogP contribution is -2.42. The Hall–Kier alpha value is -1.55. The lowest BCUT2D eigenvalue weighted by Gasteiger charge is -2.22. The molecule has 20 heavy (non-hydrogen) atoms. The van der Waals surface area contributed by atoms with Crippen LogP contribution in [0.5, 0.6) is 0 Å². The van der Waals surface area contributed by atoms with Gasteiger partial charge in [-0.25, -0.2) is 4.79 Å². The molecule has 0 spiro atoms. The number of hydrogen-bond donors (Lipinski definition) is 1. The van der Waals surface area contributed by atoms with Crippen molar-refractivity contribution in [2.75, 3.05) is 0 Å². The van der Waals surface area contributed by atoms with E-state index in [-0.39, 0.29) is 12.3 Å². The van der Waals surface area contributed by atoms with Crippen molar-refractivity contribution in [3.05, 3.63) is 34.9 Å². The van der Waals surface area contributed by atoms with Crippen molar-refractivity contribution < 1.29 is 14.3 Å². The molecule has 0 radical (unpaired) electrons. The van der Waals surface area contributed by atoms with Crippen LogP contribution in [-0.4, -0.2) is 23.5 Å². The molecule has 1 amide bonds. The fourth-order valence-electron chi connectivity index (χ4n) is 1.57. The summed E-state index contributed by atoms with van der Waals surface area (Å²) in [6.45, 7) is 6.95. The van der Waals surface area contributed by atoms with Crippen molar-refractivity contribution >= 4 is 23.5 Å². The van der Waals surface area contributed by atoms with E-state index < -0.39 is 17.6 Å². The SMILES string of the molecule is C[C@H](NC(=O)Cc1cccc(Cl)c1)C(=O)OC(C)(C)C. The summed E-state index contributed by atoms with van der Waals surface area (Å²) in [5.74, 6) is -0.692. The van der Waals surface area contributed by atoms with E-state index in [1.54, 1.807) is 45.9 Å². The standard InChI is InChI=1S/C15H20ClNO3/c1-10(14(19)20-15(2,3)4)17-13(18)9-11-6-5-7-12(16)8-11/h5-8,10H,9H2,1-4H3,(H,17,18)/t10-/m0/s1. The van der Waals surface area contributed by atoms with Gasteiger partial charge in [0.2, 0.25) is 5.91 Å². The molecule has 0 saturated carbocycles. The first kappa shape index (κ1) is 16.5. The minimum atomic E-state index is -0.680. The van der Waals surface area contributed by atoms with Crippen LogP contribution in [-0.2, 0) is 20.7 Å². The maximum absolute atomic E-state index is 11.8. The minimum Gasteiger partial charge on any atom is -0.458 e. The molecule has 0 aliphatic rings. The minimum absolute atomic E-state index is 0.174. The predicted molar refractivity (Wildman–Crippen MR) is 78.6 cm³/mol. The summed E-state index contributed by atoms with van der Waals surface area (Å²) < 4.78 is 5.19. The summed E-state index contributed by atoms with van der Waals surface area (Å²) >= 11 is 5.85. The smallest absolute Gasteiger partial charge is 0.328 e. The lowest BCUT2D eigenvalue weighted by molar-refractivity contribution is -0.158. The molecule has 0 bridgehead atoms. The molecule has 0 aliphatic heterocycles. The van der Waals surface area contributed by atoms with Crippen molar-refractivity contribution in [2.45, 2.75) is 45.8 Å². The monoisotopic (exact) mass is 297 g/mol. The van der Waals surface area contributed by atoms with E-state index in [0.29, 0.717) is 5.02 Å². The summed E-state index contributed by atoms with van der Waals surface area (Å²) in [6.07, 6.45) is 0.174. The van der Waals surface area contributed by atoms with Crippen molar-refractivity contribution in [3.63, 3.8) is 0 Å². The highest BCUT2D eigenvalue weighted by Gasteiger charge is 2.22. The highest BCUT2D eigenvalue weighted by molar-refractivity contribution is 6.30. The van der Waals surface area contributed by atoms with Gasteiger partial charge in [0.15, 0.2) is 0 Å². The summed E-state index contributed by atoms with van der Waals surface area (Å²) in [5.41, 5.74) is 0.231. The zero-order valence-corrected chi connectivity index (χ0v) is 13.0. The number of hydrogen-bond acceptors (Lipinski definition) is 3. The van der Waals surface area contributed by atoms with E-state index in [2.05, 4.69) is 5.32 Å². The lowest BCUT2D eigenvalue weighted by atomic mass is 10.1. The van der Waals surface area contributed by atoms with Crippen LogP contribution in [0, 0.1) is 0 Å². The quantitative estimate of drug-likeness (QED) is 0.869. The second-order valence-electron chi connectivity index (χ2n) is 5.63. The number of ether oxygens (including phenoxy) is 1. The van der Waals surface area contributed by atoms with Gasteiger partial charge in [-0.05, 0) is 45.4 Å². The van der Waals surface area contributed by atoms with Crippen LogP contribution in [0.25, 0.3) is 0 Å². The molecule has 0 aromatic heterocycles. The molecule has 0 fully saturated rings. The summed E-state index contributed by atoms with van der Waals surface area (Å²) in [6, 6.07) is 6.37. The number of carbonyl (C=O) groups excluding carboxylic acids is 2. The van der Waals surface area contributed by atoms with Gasteiger partial charge in [-0.15, -0.1) is 0 Å². The summed E-state index contributed by atoms with van der Waals surface area (Å²) in [7, 11) is 0. The molecule has 0 heterocycles. The average molecular weight is 298 g/mol. The Kier molecular flexibility index (Phi) is 5.57. The van der Waals surface area contributed by atoms with Crippen LogP contribution in [0.3, 0.4) is 0 Å². The molecule has 4 nitrogen and oxygen atoms in total. The zero-order valence-electron chi connectivity index (χ0n) is 12.2. The first-order chi connectivity index (χ1) is 9.17. The van der Waals surface area contributed by atoms with Gasteiger partial charge in [-0.3, -0.25) is 4.79 Å². The molecule has 0 saturated heterocycles. The van der Waals surface area contributed by atoms with E-state index in [1.165, 1.54) is 0 Å². The van der Waals surface area contributed by atoms with E-state index in [4.69, 9.17) is 16.3 Å². The molecule has 0 aliphatic carbocycles. The second kappa shape index (κ2) is 6.75. The largest absolute Gasteiger partial charge is 0.458 e. The molecule has 110 valence electrons. The van der Waals surface area contributed by atoms with Gasteiger partial charge < -0.3 is 10.1 Å². The first-order valence-corrected chi connectivity index (χ1v) is 6.82.